The van der Waals surface area contributed by atoms with E-state index in [0.29, 0.717) is 18.7 Å². The Morgan fingerprint density at radius 1 is 1.35 bits per heavy atom. The molecule has 0 aliphatic carbocycles. The monoisotopic (exact) mass is 283 g/mol. The van der Waals surface area contributed by atoms with Crippen molar-refractivity contribution in [2.75, 3.05) is 18.9 Å². The Morgan fingerprint density at radius 3 is 2.65 bits per heavy atom. The lowest BCUT2D eigenvalue weighted by atomic mass is 10.0. The lowest BCUT2D eigenvalue weighted by molar-refractivity contribution is 0.0985. The zero-order valence-corrected chi connectivity index (χ0v) is 11.9. The minimum atomic E-state index is -0.922. The first kappa shape index (κ1) is 14.7. The normalized spacial score (nSPS) is 13.3. The van der Waals surface area contributed by atoms with Crippen LogP contribution in [0.25, 0.3) is 11.0 Å². The van der Waals surface area contributed by atoms with E-state index in [0.717, 1.165) is 6.07 Å². The van der Waals surface area contributed by atoms with Crippen LogP contribution < -0.4 is 5.73 Å². The fourth-order valence-electron chi connectivity index (χ4n) is 2.28. The number of hydrogen-bond acceptors (Lipinski definition) is 3. The van der Waals surface area contributed by atoms with E-state index >= 15 is 0 Å². The summed E-state index contributed by atoms with van der Waals surface area (Å²) in [5, 5.41) is 0. The highest BCUT2D eigenvalue weighted by Gasteiger charge is 2.24. The minimum absolute atomic E-state index is 0.0981. The van der Waals surface area contributed by atoms with Gasteiger partial charge in [-0.2, -0.15) is 0 Å². The number of ether oxygens (including phenoxy) is 1. The van der Waals surface area contributed by atoms with Crippen molar-refractivity contribution in [2.24, 2.45) is 5.92 Å². The van der Waals surface area contributed by atoms with Crippen molar-refractivity contribution < 1.29 is 13.5 Å². The van der Waals surface area contributed by atoms with Crippen molar-refractivity contribution in [1.82, 2.24) is 9.55 Å². The molecule has 6 heteroatoms. The first-order chi connectivity index (χ1) is 9.47. The summed E-state index contributed by atoms with van der Waals surface area (Å²) in [6.45, 7) is 6.76. The molecule has 0 saturated carbocycles. The number of halogens is 2. The molecule has 4 nitrogen and oxygen atoms in total. The first-order valence-corrected chi connectivity index (χ1v) is 6.66. The number of nitrogen functional groups attached to an aromatic ring is 1. The molecule has 110 valence electrons. The third kappa shape index (κ3) is 2.47. The highest BCUT2D eigenvalue weighted by molar-refractivity contribution is 5.79. The number of nitrogens with zero attached hydrogens (tertiary/aromatic N) is 2. The van der Waals surface area contributed by atoms with Gasteiger partial charge in [-0.3, -0.25) is 0 Å². The molecule has 0 saturated heterocycles. The molecule has 0 amide bonds. The molecule has 0 bridgehead atoms. The van der Waals surface area contributed by atoms with Crippen molar-refractivity contribution >= 4 is 17.0 Å². The fraction of sp³-hybridized carbons (Fsp3) is 0.500. The Labute approximate surface area is 116 Å². The Bertz CT molecular complexity index is 610. The highest BCUT2D eigenvalue weighted by atomic mass is 19.2. The van der Waals surface area contributed by atoms with Crippen LogP contribution in [0.4, 0.5) is 14.7 Å². The van der Waals surface area contributed by atoms with Crippen LogP contribution in [0.1, 0.15) is 26.8 Å². The molecular weight excluding hydrogens is 264 g/mol. The second kappa shape index (κ2) is 5.75. The van der Waals surface area contributed by atoms with Crippen molar-refractivity contribution in [1.29, 1.82) is 0 Å². The van der Waals surface area contributed by atoms with Crippen LogP contribution in [0, 0.1) is 17.6 Å². The smallest absolute Gasteiger partial charge is 0.201 e. The molecule has 1 aromatic heterocycles. The highest BCUT2D eigenvalue weighted by Crippen LogP contribution is 2.30. The topological polar surface area (TPSA) is 53.1 Å². The zero-order chi connectivity index (χ0) is 14.9. The Balaban J connectivity index is 2.61. The van der Waals surface area contributed by atoms with Crippen LogP contribution in [0.5, 0.6) is 0 Å². The molecule has 1 heterocycles. The van der Waals surface area contributed by atoms with Gasteiger partial charge in [0.25, 0.3) is 0 Å². The van der Waals surface area contributed by atoms with Crippen LogP contribution in [0.3, 0.4) is 0 Å². The summed E-state index contributed by atoms with van der Waals surface area (Å²) in [7, 11) is 0. The van der Waals surface area contributed by atoms with E-state index in [1.54, 1.807) is 0 Å². The van der Waals surface area contributed by atoms with E-state index in [4.69, 9.17) is 10.5 Å². The van der Waals surface area contributed by atoms with Gasteiger partial charge in [-0.05, 0) is 25.0 Å². The summed E-state index contributed by atoms with van der Waals surface area (Å²) < 4.78 is 34.5. The van der Waals surface area contributed by atoms with Gasteiger partial charge >= 0.3 is 0 Å². The number of anilines is 1. The van der Waals surface area contributed by atoms with Gasteiger partial charge in [0, 0.05) is 6.61 Å². The van der Waals surface area contributed by atoms with Crippen LogP contribution in [0.15, 0.2) is 12.1 Å². The minimum Gasteiger partial charge on any atom is -0.380 e. The van der Waals surface area contributed by atoms with E-state index in [9.17, 15) is 8.78 Å². The standard InChI is InChI=1S/C14H19F2N3O/c1-4-20-7-11(8(2)3)19-13-10(18-14(19)17)6-5-9(15)12(13)16/h5-6,8,11H,4,7H2,1-3H3,(H2,17,18). The number of hydrogen-bond donors (Lipinski definition) is 1. The average Bonchev–Trinajstić information content (AvgIpc) is 2.72. The molecule has 1 unspecified atom stereocenters. The Kier molecular flexibility index (Phi) is 4.23. The number of rotatable bonds is 5. The molecule has 0 spiro atoms. The summed E-state index contributed by atoms with van der Waals surface area (Å²) in [6, 6.07) is 2.29. The second-order valence-corrected chi connectivity index (χ2v) is 5.04. The number of imidazole rings is 1. The van der Waals surface area contributed by atoms with E-state index in [1.807, 2.05) is 20.8 Å². The van der Waals surface area contributed by atoms with Crippen LogP contribution in [-0.2, 0) is 4.74 Å². The number of benzene rings is 1. The maximum absolute atomic E-state index is 14.1. The fourth-order valence-corrected chi connectivity index (χ4v) is 2.28. The maximum atomic E-state index is 14.1. The van der Waals surface area contributed by atoms with E-state index in [-0.39, 0.29) is 23.4 Å². The van der Waals surface area contributed by atoms with Crippen molar-refractivity contribution in [2.45, 2.75) is 26.8 Å². The summed E-state index contributed by atoms with van der Waals surface area (Å²) in [4.78, 5) is 4.10. The molecule has 0 radical (unpaired) electrons. The number of fused-ring (bicyclic) bond motifs is 1. The van der Waals surface area contributed by atoms with E-state index in [2.05, 4.69) is 4.98 Å². The van der Waals surface area contributed by atoms with Gasteiger partial charge in [0.2, 0.25) is 5.95 Å². The molecule has 1 atom stereocenters. The maximum Gasteiger partial charge on any atom is 0.201 e. The number of aromatic nitrogens is 2. The molecule has 2 N–H and O–H groups in total. The Morgan fingerprint density at radius 2 is 2.05 bits per heavy atom. The molecule has 2 rings (SSSR count). The predicted molar refractivity (Wildman–Crippen MR) is 74.4 cm³/mol. The SMILES string of the molecule is CCOCC(C(C)C)n1c(N)nc2ccc(F)c(F)c21. The van der Waals surface area contributed by atoms with Crippen molar-refractivity contribution in [3.05, 3.63) is 23.8 Å². The van der Waals surface area contributed by atoms with Crippen molar-refractivity contribution in [3.8, 4) is 0 Å². The molecular formula is C14H19F2N3O. The van der Waals surface area contributed by atoms with Crippen molar-refractivity contribution in [3.63, 3.8) is 0 Å². The van der Waals surface area contributed by atoms with Gasteiger partial charge < -0.3 is 15.0 Å². The van der Waals surface area contributed by atoms with E-state index in [1.165, 1.54) is 10.6 Å². The van der Waals surface area contributed by atoms with Gasteiger partial charge in [-0.25, -0.2) is 13.8 Å². The first-order valence-electron chi connectivity index (χ1n) is 6.66. The summed E-state index contributed by atoms with van der Waals surface area (Å²) in [6.07, 6.45) is 0. The molecule has 2 aromatic rings. The van der Waals surface area contributed by atoms with Crippen LogP contribution >= 0.6 is 0 Å². The predicted octanol–water partition coefficient (Wildman–Crippen LogP) is 3.13. The van der Waals surface area contributed by atoms with Gasteiger partial charge in [-0.1, -0.05) is 13.8 Å². The lowest BCUT2D eigenvalue weighted by Gasteiger charge is -2.24. The third-order valence-electron chi connectivity index (χ3n) is 3.36. The molecule has 0 aliphatic rings. The average molecular weight is 283 g/mol. The zero-order valence-electron chi connectivity index (χ0n) is 11.9. The quantitative estimate of drug-likeness (QED) is 0.917. The Hall–Kier alpha value is -1.69. The third-order valence-corrected chi connectivity index (χ3v) is 3.36. The molecule has 1 aromatic carbocycles. The van der Waals surface area contributed by atoms with Gasteiger partial charge in [0.1, 0.15) is 5.52 Å². The summed E-state index contributed by atoms with van der Waals surface area (Å²) in [5.74, 6) is -1.52. The van der Waals surface area contributed by atoms with Crippen LogP contribution in [0.2, 0.25) is 0 Å². The number of nitrogens with two attached hydrogens (primary N) is 1. The van der Waals surface area contributed by atoms with Crippen LogP contribution in [-0.4, -0.2) is 22.8 Å². The van der Waals surface area contributed by atoms with Gasteiger partial charge in [0.05, 0.1) is 18.2 Å². The molecule has 0 aliphatic heterocycles. The molecule has 0 fully saturated rings. The summed E-state index contributed by atoms with van der Waals surface area (Å²) in [5.41, 5.74) is 6.34. The largest absolute Gasteiger partial charge is 0.380 e. The molecule has 20 heavy (non-hydrogen) atoms. The summed E-state index contributed by atoms with van der Waals surface area (Å²) >= 11 is 0. The van der Waals surface area contributed by atoms with Gasteiger partial charge in [-0.15, -0.1) is 0 Å². The lowest BCUT2D eigenvalue weighted by Crippen LogP contribution is -2.23. The second-order valence-electron chi connectivity index (χ2n) is 5.04. The van der Waals surface area contributed by atoms with Gasteiger partial charge in [0.15, 0.2) is 11.6 Å². The van der Waals surface area contributed by atoms with E-state index < -0.39 is 11.6 Å².